The van der Waals surface area contributed by atoms with Gasteiger partial charge >= 0.3 is 0 Å². The Balaban J connectivity index is 1.39. The predicted molar refractivity (Wildman–Crippen MR) is 224 cm³/mol. The van der Waals surface area contributed by atoms with Gasteiger partial charge in [-0.15, -0.1) is 0 Å². The highest BCUT2D eigenvalue weighted by atomic mass is 15.1. The normalized spacial score (nSPS) is 13.3. The van der Waals surface area contributed by atoms with Crippen molar-refractivity contribution in [2.75, 3.05) is 4.90 Å². The Bertz CT molecular complexity index is 2940. The highest BCUT2D eigenvalue weighted by Crippen LogP contribution is 2.67. The topological polar surface area (TPSA) is 3.24 Å². The van der Waals surface area contributed by atoms with Gasteiger partial charge in [-0.1, -0.05) is 146 Å². The van der Waals surface area contributed by atoms with Crippen LogP contribution in [0.2, 0.25) is 0 Å². The molecule has 1 nitrogen and oxygen atoms in total. The van der Waals surface area contributed by atoms with Crippen molar-refractivity contribution in [1.29, 1.82) is 0 Å². The zero-order chi connectivity index (χ0) is 35.4. The van der Waals surface area contributed by atoms with Gasteiger partial charge in [0, 0.05) is 16.8 Å². The van der Waals surface area contributed by atoms with E-state index in [9.17, 15) is 0 Å². The molecule has 0 aliphatic heterocycles. The van der Waals surface area contributed by atoms with Gasteiger partial charge in [0.1, 0.15) is 0 Å². The SMILES string of the molecule is Cc1cc(C)c(N(c2ccccc2)c2cc3c(c4ccccc24)-c2c(c4ccccc4c4ccccc24)C32c3ccccc3-c3ccccc32)cc1C. The molecular formula is C52H37N. The molecule has 0 saturated carbocycles. The van der Waals surface area contributed by atoms with Crippen molar-refractivity contribution >= 4 is 49.4 Å². The minimum absolute atomic E-state index is 0.527. The summed E-state index contributed by atoms with van der Waals surface area (Å²) in [5, 5.41) is 7.75. The smallest absolute Gasteiger partial charge is 0.0732 e. The first-order valence-electron chi connectivity index (χ1n) is 18.7. The van der Waals surface area contributed by atoms with Crippen LogP contribution in [-0.2, 0) is 5.41 Å². The lowest BCUT2D eigenvalue weighted by atomic mass is 9.69. The Kier molecular flexibility index (Phi) is 6.29. The Morgan fingerprint density at radius 2 is 0.849 bits per heavy atom. The summed E-state index contributed by atoms with van der Waals surface area (Å²) in [5.41, 5.74) is 17.7. The van der Waals surface area contributed by atoms with Gasteiger partial charge in [0.15, 0.2) is 0 Å². The van der Waals surface area contributed by atoms with E-state index in [2.05, 4.69) is 196 Å². The molecule has 0 fully saturated rings. The Hall–Kier alpha value is -6.44. The predicted octanol–water partition coefficient (Wildman–Crippen LogP) is 13.9. The van der Waals surface area contributed by atoms with E-state index in [0.29, 0.717) is 0 Å². The van der Waals surface area contributed by atoms with Crippen molar-refractivity contribution in [2.24, 2.45) is 0 Å². The second-order valence-electron chi connectivity index (χ2n) is 14.9. The van der Waals surface area contributed by atoms with Crippen LogP contribution in [0, 0.1) is 20.8 Å². The van der Waals surface area contributed by atoms with Crippen LogP contribution >= 0.6 is 0 Å². The molecule has 9 aromatic rings. The number of para-hydroxylation sites is 1. The first kappa shape index (κ1) is 30.2. The van der Waals surface area contributed by atoms with Crippen LogP contribution in [0.5, 0.6) is 0 Å². The Morgan fingerprint density at radius 1 is 0.358 bits per heavy atom. The molecule has 0 N–H and O–H groups in total. The minimum Gasteiger partial charge on any atom is -0.310 e. The second kappa shape index (κ2) is 11.0. The molecular weight excluding hydrogens is 639 g/mol. The largest absolute Gasteiger partial charge is 0.310 e. The average Bonchev–Trinajstić information content (AvgIpc) is 3.68. The summed E-state index contributed by atoms with van der Waals surface area (Å²) in [6, 6.07) is 63.9. The Morgan fingerprint density at radius 3 is 1.51 bits per heavy atom. The maximum absolute atomic E-state index is 2.57. The fourth-order valence-electron chi connectivity index (χ4n) is 10.00. The van der Waals surface area contributed by atoms with E-state index in [1.807, 2.05) is 0 Å². The molecule has 0 aromatic heterocycles. The third-order valence-electron chi connectivity index (χ3n) is 12.2. The van der Waals surface area contributed by atoms with Crippen molar-refractivity contribution in [3.8, 4) is 22.3 Å². The highest BCUT2D eigenvalue weighted by Gasteiger charge is 2.53. The zero-order valence-corrected chi connectivity index (χ0v) is 30.1. The molecule has 0 heterocycles. The molecule has 1 spiro atoms. The number of rotatable bonds is 3. The average molecular weight is 676 g/mol. The summed E-state index contributed by atoms with van der Waals surface area (Å²) in [7, 11) is 0. The molecule has 9 aromatic carbocycles. The van der Waals surface area contributed by atoms with Crippen molar-refractivity contribution in [2.45, 2.75) is 26.2 Å². The van der Waals surface area contributed by atoms with Crippen molar-refractivity contribution in [3.05, 3.63) is 209 Å². The zero-order valence-electron chi connectivity index (χ0n) is 30.1. The second-order valence-corrected chi connectivity index (χ2v) is 14.9. The van der Waals surface area contributed by atoms with Gasteiger partial charge in [-0.3, -0.25) is 0 Å². The van der Waals surface area contributed by atoms with Crippen LogP contribution in [0.4, 0.5) is 17.1 Å². The number of aryl methyl sites for hydroxylation is 3. The quantitative estimate of drug-likeness (QED) is 0.169. The molecule has 0 amide bonds. The van der Waals surface area contributed by atoms with Gasteiger partial charge in [-0.25, -0.2) is 0 Å². The van der Waals surface area contributed by atoms with E-state index in [1.54, 1.807) is 0 Å². The summed E-state index contributed by atoms with van der Waals surface area (Å²) in [5.74, 6) is 0. The molecule has 0 saturated heterocycles. The number of nitrogens with zero attached hydrogens (tertiary/aromatic N) is 1. The van der Waals surface area contributed by atoms with E-state index >= 15 is 0 Å². The number of benzene rings is 9. The van der Waals surface area contributed by atoms with E-state index in [-0.39, 0.29) is 0 Å². The summed E-state index contributed by atoms with van der Waals surface area (Å²) in [6.45, 7) is 6.71. The summed E-state index contributed by atoms with van der Waals surface area (Å²) in [6.07, 6.45) is 0. The molecule has 0 atom stereocenters. The molecule has 1 heteroatoms. The fraction of sp³-hybridized carbons (Fsp3) is 0.0769. The maximum Gasteiger partial charge on any atom is 0.0732 e. The van der Waals surface area contributed by atoms with Crippen LogP contribution in [0.25, 0.3) is 54.6 Å². The van der Waals surface area contributed by atoms with Crippen LogP contribution in [0.3, 0.4) is 0 Å². The van der Waals surface area contributed by atoms with Crippen LogP contribution in [-0.4, -0.2) is 0 Å². The molecule has 2 aliphatic rings. The lowest BCUT2D eigenvalue weighted by molar-refractivity contribution is 0.802. The number of hydrogen-bond acceptors (Lipinski definition) is 1. The van der Waals surface area contributed by atoms with Gasteiger partial charge < -0.3 is 4.90 Å². The molecule has 0 radical (unpaired) electrons. The third kappa shape index (κ3) is 3.92. The number of hydrogen-bond donors (Lipinski definition) is 0. The minimum atomic E-state index is -0.527. The molecule has 53 heavy (non-hydrogen) atoms. The van der Waals surface area contributed by atoms with Gasteiger partial charge in [-0.2, -0.15) is 0 Å². The summed E-state index contributed by atoms with van der Waals surface area (Å²) in [4.78, 5) is 2.52. The van der Waals surface area contributed by atoms with E-state index < -0.39 is 5.41 Å². The van der Waals surface area contributed by atoms with Crippen LogP contribution < -0.4 is 4.90 Å². The van der Waals surface area contributed by atoms with E-state index in [0.717, 1.165) is 5.69 Å². The first-order valence-corrected chi connectivity index (χ1v) is 18.7. The van der Waals surface area contributed by atoms with E-state index in [4.69, 9.17) is 0 Å². The van der Waals surface area contributed by atoms with Crippen LogP contribution in [0.1, 0.15) is 38.9 Å². The van der Waals surface area contributed by atoms with E-state index in [1.165, 1.54) is 105 Å². The Labute approximate surface area is 310 Å². The van der Waals surface area contributed by atoms with Crippen molar-refractivity contribution < 1.29 is 0 Å². The third-order valence-corrected chi connectivity index (χ3v) is 12.2. The summed E-state index contributed by atoms with van der Waals surface area (Å²) >= 11 is 0. The molecule has 2 aliphatic carbocycles. The summed E-state index contributed by atoms with van der Waals surface area (Å²) < 4.78 is 0. The van der Waals surface area contributed by atoms with Crippen molar-refractivity contribution in [3.63, 3.8) is 0 Å². The van der Waals surface area contributed by atoms with Gasteiger partial charge in [0.05, 0.1) is 11.1 Å². The lowest BCUT2D eigenvalue weighted by Gasteiger charge is -2.34. The maximum atomic E-state index is 2.57. The number of fused-ring (bicyclic) bond motifs is 17. The highest BCUT2D eigenvalue weighted by molar-refractivity contribution is 6.24. The van der Waals surface area contributed by atoms with Gasteiger partial charge in [-0.05, 0) is 133 Å². The molecule has 250 valence electrons. The van der Waals surface area contributed by atoms with Crippen LogP contribution in [0.15, 0.2) is 170 Å². The van der Waals surface area contributed by atoms with Gasteiger partial charge in [0.2, 0.25) is 0 Å². The first-order chi connectivity index (χ1) is 26.1. The molecule has 0 bridgehead atoms. The fourth-order valence-corrected chi connectivity index (χ4v) is 10.00. The molecule has 11 rings (SSSR count). The molecule has 0 unspecified atom stereocenters. The lowest BCUT2D eigenvalue weighted by Crippen LogP contribution is -2.26. The van der Waals surface area contributed by atoms with Gasteiger partial charge in [0.25, 0.3) is 0 Å². The number of anilines is 3. The standard InChI is InChI=1S/C52H37N/c1-32-29-34(3)47(30-33(32)2)53(35-17-5-4-6-18-35)48-31-46-49(42-25-11-9-23-40(42)48)50-41-24-10-7-19-36(41)37-20-8-12-26-43(37)51(50)52(46)44-27-15-13-21-38(44)39-22-14-16-28-45(39)52/h4-31H,1-3H3. The monoisotopic (exact) mass is 675 g/mol. The van der Waals surface area contributed by atoms with Crippen molar-refractivity contribution in [1.82, 2.24) is 0 Å².